The van der Waals surface area contributed by atoms with Crippen LogP contribution >= 0.6 is 0 Å². The van der Waals surface area contributed by atoms with Crippen LogP contribution in [0.4, 0.5) is 0 Å². The SMILES string of the molecule is OC1(c2ccccc2)CCCCC1.OC1(c2ccccc2)CCCCC1. The van der Waals surface area contributed by atoms with Gasteiger partial charge in [-0.3, -0.25) is 0 Å². The van der Waals surface area contributed by atoms with Crippen molar-refractivity contribution in [1.82, 2.24) is 0 Å². The van der Waals surface area contributed by atoms with E-state index < -0.39 is 11.2 Å². The van der Waals surface area contributed by atoms with Crippen LogP contribution in [0.3, 0.4) is 0 Å². The van der Waals surface area contributed by atoms with Crippen LogP contribution in [0.25, 0.3) is 0 Å². The monoisotopic (exact) mass is 352 g/mol. The summed E-state index contributed by atoms with van der Waals surface area (Å²) >= 11 is 0. The molecule has 140 valence electrons. The van der Waals surface area contributed by atoms with Crippen LogP contribution in [0.1, 0.15) is 75.3 Å². The lowest BCUT2D eigenvalue weighted by Gasteiger charge is -2.32. The minimum atomic E-state index is -0.528. The zero-order valence-electron chi connectivity index (χ0n) is 15.7. The maximum atomic E-state index is 10.3. The Kier molecular flexibility index (Phi) is 6.50. The van der Waals surface area contributed by atoms with Crippen LogP contribution < -0.4 is 0 Å². The van der Waals surface area contributed by atoms with Gasteiger partial charge in [0, 0.05) is 0 Å². The van der Waals surface area contributed by atoms with Gasteiger partial charge in [-0.25, -0.2) is 0 Å². The molecule has 2 saturated carbocycles. The Bertz CT molecular complexity index is 579. The van der Waals surface area contributed by atoms with Gasteiger partial charge in [0.05, 0.1) is 11.2 Å². The Morgan fingerprint density at radius 3 is 1.08 bits per heavy atom. The van der Waals surface area contributed by atoms with Crippen molar-refractivity contribution in [2.45, 2.75) is 75.4 Å². The summed E-state index contributed by atoms with van der Waals surface area (Å²) in [6.07, 6.45) is 10.9. The summed E-state index contributed by atoms with van der Waals surface area (Å²) in [5.41, 5.74) is 1.13. The molecule has 0 aliphatic heterocycles. The first-order valence-electron chi connectivity index (χ1n) is 10.2. The Morgan fingerprint density at radius 2 is 0.769 bits per heavy atom. The Hall–Kier alpha value is -1.64. The third-order valence-corrected chi connectivity index (χ3v) is 5.98. The number of hydrogen-bond donors (Lipinski definition) is 2. The standard InChI is InChI=1S/2C12H16O/c2*13-12(9-5-2-6-10-12)11-7-3-1-4-8-11/h2*1,3-4,7-8,13H,2,5-6,9-10H2. The van der Waals surface area contributed by atoms with Crippen LogP contribution in [0, 0.1) is 0 Å². The topological polar surface area (TPSA) is 40.5 Å². The smallest absolute Gasteiger partial charge is 0.0896 e. The molecule has 0 heterocycles. The molecule has 0 atom stereocenters. The highest BCUT2D eigenvalue weighted by atomic mass is 16.3. The van der Waals surface area contributed by atoms with E-state index >= 15 is 0 Å². The van der Waals surface area contributed by atoms with Crippen molar-refractivity contribution in [3.63, 3.8) is 0 Å². The molecular weight excluding hydrogens is 320 g/mol. The maximum Gasteiger partial charge on any atom is 0.0896 e. The summed E-state index contributed by atoms with van der Waals surface area (Å²) in [4.78, 5) is 0. The number of hydrogen-bond acceptors (Lipinski definition) is 2. The van der Waals surface area contributed by atoms with Crippen LogP contribution in [-0.4, -0.2) is 10.2 Å². The summed E-state index contributed by atoms with van der Waals surface area (Å²) in [6, 6.07) is 20.1. The van der Waals surface area contributed by atoms with Crippen molar-refractivity contribution in [2.24, 2.45) is 0 Å². The lowest BCUT2D eigenvalue weighted by atomic mass is 9.80. The van der Waals surface area contributed by atoms with Crippen molar-refractivity contribution >= 4 is 0 Å². The van der Waals surface area contributed by atoms with Crippen LogP contribution in [0.15, 0.2) is 60.7 Å². The molecule has 2 nitrogen and oxygen atoms in total. The lowest BCUT2D eigenvalue weighted by Crippen LogP contribution is -2.28. The summed E-state index contributed by atoms with van der Waals surface area (Å²) in [5, 5.41) is 20.7. The molecule has 0 saturated heterocycles. The molecule has 2 heteroatoms. The van der Waals surface area contributed by atoms with E-state index in [9.17, 15) is 10.2 Å². The molecule has 0 amide bonds. The van der Waals surface area contributed by atoms with Crippen LogP contribution in [0.5, 0.6) is 0 Å². The zero-order chi connectivity index (χ0) is 18.3. The second-order valence-corrected chi connectivity index (χ2v) is 7.92. The molecule has 2 aliphatic carbocycles. The van der Waals surface area contributed by atoms with E-state index in [0.29, 0.717) is 0 Å². The first-order valence-corrected chi connectivity index (χ1v) is 10.2. The van der Waals surface area contributed by atoms with E-state index in [-0.39, 0.29) is 0 Å². The highest BCUT2D eigenvalue weighted by Crippen LogP contribution is 2.37. The van der Waals surface area contributed by atoms with Gasteiger partial charge in [-0.1, -0.05) is 99.2 Å². The van der Waals surface area contributed by atoms with Crippen LogP contribution in [0.2, 0.25) is 0 Å². The zero-order valence-corrected chi connectivity index (χ0v) is 15.7. The molecule has 0 radical (unpaired) electrons. The van der Waals surface area contributed by atoms with E-state index in [1.807, 2.05) is 60.7 Å². The second-order valence-electron chi connectivity index (χ2n) is 7.92. The molecule has 2 fully saturated rings. The van der Waals surface area contributed by atoms with E-state index in [1.165, 1.54) is 12.8 Å². The van der Waals surface area contributed by atoms with Gasteiger partial charge in [0.15, 0.2) is 0 Å². The predicted molar refractivity (Wildman–Crippen MR) is 107 cm³/mol. The number of aliphatic hydroxyl groups is 2. The molecule has 2 aliphatic rings. The van der Waals surface area contributed by atoms with E-state index in [2.05, 4.69) is 0 Å². The summed E-state index contributed by atoms with van der Waals surface area (Å²) in [7, 11) is 0. The first kappa shape index (κ1) is 19.1. The van der Waals surface area contributed by atoms with E-state index in [1.54, 1.807) is 0 Å². The summed E-state index contributed by atoms with van der Waals surface area (Å²) in [6.45, 7) is 0. The second kappa shape index (κ2) is 8.83. The Labute approximate surface area is 157 Å². The molecular formula is C24H32O2. The van der Waals surface area contributed by atoms with Gasteiger partial charge >= 0.3 is 0 Å². The fourth-order valence-corrected chi connectivity index (χ4v) is 4.35. The molecule has 0 bridgehead atoms. The highest BCUT2D eigenvalue weighted by Gasteiger charge is 2.31. The predicted octanol–water partition coefficient (Wildman–Crippen LogP) is 5.68. The molecule has 2 aromatic rings. The Morgan fingerprint density at radius 1 is 0.462 bits per heavy atom. The number of rotatable bonds is 2. The minimum absolute atomic E-state index is 0.528. The van der Waals surface area contributed by atoms with Gasteiger partial charge < -0.3 is 10.2 Å². The first-order chi connectivity index (χ1) is 12.6. The normalized spacial score (nSPS) is 21.3. The van der Waals surface area contributed by atoms with Gasteiger partial charge in [0.25, 0.3) is 0 Å². The minimum Gasteiger partial charge on any atom is -0.385 e. The molecule has 2 aromatic carbocycles. The van der Waals surface area contributed by atoms with Crippen molar-refractivity contribution < 1.29 is 10.2 Å². The fourth-order valence-electron chi connectivity index (χ4n) is 4.35. The average Bonchev–Trinajstić information content (AvgIpc) is 2.71. The summed E-state index contributed by atoms with van der Waals surface area (Å²) in [5.74, 6) is 0. The molecule has 4 rings (SSSR count). The van der Waals surface area contributed by atoms with Gasteiger partial charge in [0.1, 0.15) is 0 Å². The highest BCUT2D eigenvalue weighted by molar-refractivity contribution is 5.23. The van der Waals surface area contributed by atoms with Crippen molar-refractivity contribution in [3.8, 4) is 0 Å². The fraction of sp³-hybridized carbons (Fsp3) is 0.500. The van der Waals surface area contributed by atoms with Gasteiger partial charge in [0.2, 0.25) is 0 Å². The molecule has 0 spiro atoms. The lowest BCUT2D eigenvalue weighted by molar-refractivity contribution is -0.000965. The third-order valence-electron chi connectivity index (χ3n) is 5.98. The third kappa shape index (κ3) is 4.75. The maximum absolute atomic E-state index is 10.3. The average molecular weight is 353 g/mol. The molecule has 0 aromatic heterocycles. The van der Waals surface area contributed by atoms with Crippen molar-refractivity contribution in [2.75, 3.05) is 0 Å². The van der Waals surface area contributed by atoms with E-state index in [0.717, 1.165) is 62.5 Å². The quantitative estimate of drug-likeness (QED) is 0.730. The van der Waals surface area contributed by atoms with Crippen LogP contribution in [-0.2, 0) is 11.2 Å². The Balaban J connectivity index is 0.000000151. The molecule has 2 N–H and O–H groups in total. The largest absolute Gasteiger partial charge is 0.385 e. The molecule has 26 heavy (non-hydrogen) atoms. The molecule has 0 unspecified atom stereocenters. The summed E-state index contributed by atoms with van der Waals surface area (Å²) < 4.78 is 0. The van der Waals surface area contributed by atoms with Gasteiger partial charge in [-0.2, -0.15) is 0 Å². The number of benzene rings is 2. The van der Waals surface area contributed by atoms with Crippen molar-refractivity contribution in [3.05, 3.63) is 71.8 Å². The van der Waals surface area contributed by atoms with Crippen molar-refractivity contribution in [1.29, 1.82) is 0 Å². The van der Waals surface area contributed by atoms with E-state index in [4.69, 9.17) is 0 Å². The van der Waals surface area contributed by atoms with Gasteiger partial charge in [-0.15, -0.1) is 0 Å². The van der Waals surface area contributed by atoms with Gasteiger partial charge in [-0.05, 0) is 36.8 Å².